The molecule has 2 aromatic carbocycles. The molecule has 0 radical (unpaired) electrons. The lowest BCUT2D eigenvalue weighted by atomic mass is 9.90. The highest BCUT2D eigenvalue weighted by molar-refractivity contribution is 5.78. The van der Waals surface area contributed by atoms with Crippen molar-refractivity contribution in [3.8, 4) is 0 Å². The molecule has 0 saturated heterocycles. The van der Waals surface area contributed by atoms with E-state index in [1.165, 1.54) is 6.07 Å². The van der Waals surface area contributed by atoms with Gasteiger partial charge in [0.15, 0.2) is 0 Å². The first-order valence-electron chi connectivity index (χ1n) is 10.7. The van der Waals surface area contributed by atoms with Crippen LogP contribution >= 0.6 is 0 Å². The Labute approximate surface area is 190 Å². The zero-order chi connectivity index (χ0) is 23.6. The number of nitrogens with zero attached hydrogens (tertiary/aromatic N) is 2. The van der Waals surface area contributed by atoms with E-state index < -0.39 is 17.7 Å². The first-order valence-corrected chi connectivity index (χ1v) is 10.7. The fraction of sp³-hybridized carbons (Fsp3) is 0.231. The summed E-state index contributed by atoms with van der Waals surface area (Å²) in [6, 6.07) is 18.2. The zero-order valence-electron chi connectivity index (χ0n) is 18.3. The van der Waals surface area contributed by atoms with E-state index in [4.69, 9.17) is 0 Å². The van der Waals surface area contributed by atoms with Crippen LogP contribution in [0.1, 0.15) is 53.3 Å². The van der Waals surface area contributed by atoms with Crippen molar-refractivity contribution >= 4 is 11.6 Å². The summed E-state index contributed by atoms with van der Waals surface area (Å²) < 4.78 is 42.0. The summed E-state index contributed by atoms with van der Waals surface area (Å²) in [6.07, 6.45) is -1.02. The molecule has 0 aliphatic carbocycles. The lowest BCUT2D eigenvalue weighted by Gasteiger charge is -2.21. The number of carbonyl (C=O) groups excluding carboxylic acids is 1. The van der Waals surface area contributed by atoms with E-state index in [0.717, 1.165) is 23.3 Å². The molecule has 33 heavy (non-hydrogen) atoms. The predicted octanol–water partition coefficient (Wildman–Crippen LogP) is 6.06. The minimum atomic E-state index is -4.47. The molecule has 1 N–H and O–H groups in total. The van der Waals surface area contributed by atoms with Gasteiger partial charge in [-0.25, -0.2) is 4.98 Å². The van der Waals surface area contributed by atoms with Crippen LogP contribution in [0.25, 0.3) is 5.65 Å². The van der Waals surface area contributed by atoms with Gasteiger partial charge in [-0.15, -0.1) is 0 Å². The normalized spacial score (nSPS) is 13.6. The van der Waals surface area contributed by atoms with Gasteiger partial charge in [0.2, 0.25) is 5.91 Å². The lowest BCUT2D eigenvalue weighted by molar-refractivity contribution is -0.137. The molecule has 0 bridgehead atoms. The van der Waals surface area contributed by atoms with Gasteiger partial charge in [-0.3, -0.25) is 4.79 Å². The number of hydrogen-bond donors (Lipinski definition) is 1. The number of imidazole rings is 1. The van der Waals surface area contributed by atoms with E-state index in [2.05, 4.69) is 10.3 Å². The third-order valence-electron chi connectivity index (χ3n) is 5.74. The van der Waals surface area contributed by atoms with Crippen molar-refractivity contribution in [2.45, 2.75) is 38.4 Å². The zero-order valence-corrected chi connectivity index (χ0v) is 18.3. The minimum Gasteiger partial charge on any atom is -0.350 e. The molecule has 0 saturated carbocycles. The number of alkyl halides is 3. The number of aromatic nitrogens is 2. The number of benzene rings is 2. The van der Waals surface area contributed by atoms with E-state index in [0.29, 0.717) is 16.9 Å². The molecule has 4 rings (SSSR count). The van der Waals surface area contributed by atoms with Crippen molar-refractivity contribution in [1.29, 1.82) is 0 Å². The molecule has 4 nitrogen and oxygen atoms in total. The summed E-state index contributed by atoms with van der Waals surface area (Å²) in [4.78, 5) is 17.4. The topological polar surface area (TPSA) is 46.4 Å². The molecule has 0 aliphatic heterocycles. The standard InChI is InChI=1S/C26H24F3N3O/c1-17-11-12-32-23(16-30-24(32)13-17)22(20-9-6-10-21(14-20)26(27,28)29)15-25(33)31-18(2)19-7-4-3-5-8-19/h3-14,16,18,22H,15H2,1-2H3,(H,31,33). The van der Waals surface area contributed by atoms with Crippen molar-refractivity contribution in [3.63, 3.8) is 0 Å². The lowest BCUT2D eigenvalue weighted by Crippen LogP contribution is -2.28. The average Bonchev–Trinajstić information content (AvgIpc) is 3.20. The Morgan fingerprint density at radius 1 is 1.03 bits per heavy atom. The Kier molecular flexibility index (Phi) is 6.22. The van der Waals surface area contributed by atoms with Crippen molar-refractivity contribution < 1.29 is 18.0 Å². The van der Waals surface area contributed by atoms with Gasteiger partial charge in [-0.2, -0.15) is 13.2 Å². The summed E-state index contributed by atoms with van der Waals surface area (Å²) in [5.74, 6) is -0.858. The third-order valence-corrected chi connectivity index (χ3v) is 5.74. The molecule has 0 fully saturated rings. The highest BCUT2D eigenvalue weighted by Gasteiger charge is 2.32. The quantitative estimate of drug-likeness (QED) is 0.387. The Balaban J connectivity index is 1.69. The summed E-state index contributed by atoms with van der Waals surface area (Å²) in [7, 11) is 0. The van der Waals surface area contributed by atoms with Gasteiger partial charge < -0.3 is 9.72 Å². The highest BCUT2D eigenvalue weighted by atomic mass is 19.4. The van der Waals surface area contributed by atoms with Gasteiger partial charge in [0, 0.05) is 24.7 Å². The molecule has 4 aromatic rings. The Hall–Kier alpha value is -3.61. The maximum Gasteiger partial charge on any atom is 0.416 e. The molecule has 2 aromatic heterocycles. The second-order valence-electron chi connectivity index (χ2n) is 8.20. The average molecular weight is 451 g/mol. The van der Waals surface area contributed by atoms with Gasteiger partial charge in [0.05, 0.1) is 17.3 Å². The number of fused-ring (bicyclic) bond motifs is 1. The molecule has 2 atom stereocenters. The number of pyridine rings is 1. The Bertz CT molecular complexity index is 1260. The largest absolute Gasteiger partial charge is 0.416 e. The summed E-state index contributed by atoms with van der Waals surface area (Å²) in [5, 5.41) is 2.97. The van der Waals surface area contributed by atoms with Gasteiger partial charge in [0.25, 0.3) is 0 Å². The van der Waals surface area contributed by atoms with E-state index in [1.807, 2.05) is 66.9 Å². The Morgan fingerprint density at radius 2 is 1.76 bits per heavy atom. The molecule has 170 valence electrons. The fourth-order valence-corrected chi connectivity index (χ4v) is 4.00. The van der Waals surface area contributed by atoms with Crippen LogP contribution in [0, 0.1) is 6.92 Å². The van der Waals surface area contributed by atoms with Crippen LogP contribution in [0.4, 0.5) is 13.2 Å². The van der Waals surface area contributed by atoms with E-state index in [1.54, 1.807) is 12.3 Å². The molecule has 0 spiro atoms. The molecular formula is C26H24F3N3O. The monoisotopic (exact) mass is 451 g/mol. The number of halogens is 3. The van der Waals surface area contributed by atoms with Crippen molar-refractivity contribution in [3.05, 3.63) is 107 Å². The van der Waals surface area contributed by atoms with E-state index in [9.17, 15) is 18.0 Å². The van der Waals surface area contributed by atoms with Crippen LogP contribution < -0.4 is 5.32 Å². The summed E-state index contributed by atoms with van der Waals surface area (Å²) >= 11 is 0. The molecule has 1 amide bonds. The van der Waals surface area contributed by atoms with Crippen molar-refractivity contribution in [1.82, 2.24) is 14.7 Å². The first-order chi connectivity index (χ1) is 15.7. The predicted molar refractivity (Wildman–Crippen MR) is 121 cm³/mol. The number of amides is 1. The SMILES string of the molecule is Cc1ccn2c(C(CC(=O)NC(C)c3ccccc3)c3cccc(C(F)(F)F)c3)cnc2c1. The van der Waals surface area contributed by atoms with Gasteiger partial charge in [-0.1, -0.05) is 48.5 Å². The van der Waals surface area contributed by atoms with Crippen LogP contribution in [0.3, 0.4) is 0 Å². The van der Waals surface area contributed by atoms with Crippen LogP contribution in [-0.2, 0) is 11.0 Å². The Morgan fingerprint density at radius 3 is 2.48 bits per heavy atom. The molecule has 0 aliphatic rings. The number of aryl methyl sites for hydroxylation is 1. The van der Waals surface area contributed by atoms with Gasteiger partial charge >= 0.3 is 6.18 Å². The van der Waals surface area contributed by atoms with Crippen LogP contribution in [0.2, 0.25) is 0 Å². The third kappa shape index (κ3) is 5.08. The number of rotatable bonds is 6. The number of carbonyl (C=O) groups is 1. The minimum absolute atomic E-state index is 0.0137. The maximum absolute atomic E-state index is 13.4. The van der Waals surface area contributed by atoms with Crippen molar-refractivity contribution in [2.75, 3.05) is 0 Å². The second kappa shape index (κ2) is 9.10. The highest BCUT2D eigenvalue weighted by Crippen LogP contribution is 2.34. The first kappa shape index (κ1) is 22.6. The van der Waals surface area contributed by atoms with Crippen LogP contribution in [-0.4, -0.2) is 15.3 Å². The molecule has 2 unspecified atom stereocenters. The fourth-order valence-electron chi connectivity index (χ4n) is 4.00. The van der Waals surface area contributed by atoms with Crippen LogP contribution in [0.15, 0.2) is 79.1 Å². The molecule has 7 heteroatoms. The van der Waals surface area contributed by atoms with Crippen molar-refractivity contribution in [2.24, 2.45) is 0 Å². The van der Waals surface area contributed by atoms with Gasteiger partial charge in [0.1, 0.15) is 5.65 Å². The van der Waals surface area contributed by atoms with Gasteiger partial charge in [-0.05, 0) is 48.7 Å². The van der Waals surface area contributed by atoms with E-state index >= 15 is 0 Å². The second-order valence-corrected chi connectivity index (χ2v) is 8.20. The molecule has 2 heterocycles. The number of nitrogens with one attached hydrogen (secondary N) is 1. The maximum atomic E-state index is 13.4. The summed E-state index contributed by atoms with van der Waals surface area (Å²) in [5.41, 5.74) is 2.98. The van der Waals surface area contributed by atoms with Crippen LogP contribution in [0.5, 0.6) is 0 Å². The number of hydrogen-bond acceptors (Lipinski definition) is 2. The summed E-state index contributed by atoms with van der Waals surface area (Å²) in [6.45, 7) is 3.82. The smallest absolute Gasteiger partial charge is 0.350 e. The van der Waals surface area contributed by atoms with E-state index in [-0.39, 0.29) is 18.4 Å². The molecular weight excluding hydrogens is 427 g/mol.